The average molecular weight is 301 g/mol. The molecule has 8 nitrogen and oxygen atoms in total. The van der Waals surface area contributed by atoms with Gasteiger partial charge in [0.05, 0.1) is 13.2 Å². The van der Waals surface area contributed by atoms with E-state index >= 15 is 0 Å². The van der Waals surface area contributed by atoms with Gasteiger partial charge in [-0.3, -0.25) is 0 Å². The number of hydrogen-bond acceptors (Lipinski definition) is 8. The van der Waals surface area contributed by atoms with E-state index in [1.165, 1.54) is 0 Å². The summed E-state index contributed by atoms with van der Waals surface area (Å²) in [6.45, 7) is 5.60. The monoisotopic (exact) mass is 301 g/mol. The molecule has 1 radical (unpaired) electrons. The van der Waals surface area contributed by atoms with Gasteiger partial charge < -0.3 is 29.0 Å². The quantitative estimate of drug-likeness (QED) is 0.199. The fourth-order valence-electron chi connectivity index (χ4n) is 0.920. The van der Waals surface area contributed by atoms with Crippen LogP contribution in [0.25, 0.3) is 0 Å². The van der Waals surface area contributed by atoms with Gasteiger partial charge in [0.1, 0.15) is 25.4 Å². The number of rotatable bonds is 12. The summed E-state index contributed by atoms with van der Waals surface area (Å²) in [6, 6.07) is 0. The van der Waals surface area contributed by atoms with Crippen LogP contribution >= 0.6 is 0 Å². The molecule has 0 heterocycles. The minimum atomic E-state index is -1.02. The lowest BCUT2D eigenvalue weighted by atomic mass is 10.3. The molecule has 0 amide bonds. The molecule has 0 aromatic carbocycles. The zero-order valence-electron chi connectivity index (χ0n) is 11.5. The first-order valence-corrected chi connectivity index (χ1v) is 5.99. The van der Waals surface area contributed by atoms with Gasteiger partial charge in [0.25, 0.3) is 0 Å². The largest absolute Gasteiger partial charge is 0.488 e. The Hall–Kier alpha value is -1.68. The van der Waals surface area contributed by atoms with Crippen molar-refractivity contribution in [2.24, 2.45) is 0 Å². The molecule has 0 aliphatic heterocycles. The van der Waals surface area contributed by atoms with E-state index in [1.807, 2.05) is 0 Å². The topological polar surface area (TPSA) is 112 Å². The van der Waals surface area contributed by atoms with E-state index in [1.54, 1.807) is 0 Å². The third kappa shape index (κ3) is 11.8. The normalized spacial score (nSPS) is 12.9. The van der Waals surface area contributed by atoms with Gasteiger partial charge in [0.15, 0.2) is 0 Å². The zero-order chi connectivity index (χ0) is 16.1. The average Bonchev–Trinajstić information content (AvgIpc) is 2.49. The minimum Gasteiger partial charge on any atom is -0.460 e. The highest BCUT2D eigenvalue weighted by atomic mass is 16.6. The van der Waals surface area contributed by atoms with E-state index in [2.05, 4.69) is 22.6 Å². The molecule has 0 rings (SSSR count). The summed E-state index contributed by atoms with van der Waals surface area (Å²) in [5, 5.41) is 18.7. The predicted molar refractivity (Wildman–Crippen MR) is 72.0 cm³/mol. The maximum absolute atomic E-state index is 10.7. The fourth-order valence-corrected chi connectivity index (χ4v) is 0.920. The van der Waals surface area contributed by atoms with Crippen molar-refractivity contribution in [3.8, 4) is 0 Å². The van der Waals surface area contributed by atoms with E-state index in [0.717, 1.165) is 19.8 Å². The first kappa shape index (κ1) is 19.3. The van der Waals surface area contributed by atoms with Crippen molar-refractivity contribution in [1.82, 2.24) is 0 Å². The van der Waals surface area contributed by atoms with Crippen LogP contribution in [0.2, 0.25) is 0 Å². The summed E-state index contributed by atoms with van der Waals surface area (Å²) < 4.78 is 18.8. The van der Waals surface area contributed by atoms with Crippen LogP contribution in [0.1, 0.15) is 0 Å². The molecule has 0 bridgehead atoms. The van der Waals surface area contributed by atoms with Gasteiger partial charge in [-0.1, -0.05) is 13.2 Å². The van der Waals surface area contributed by atoms with Crippen LogP contribution in [0.4, 0.5) is 0 Å². The second kappa shape index (κ2) is 12.1. The molecule has 0 aromatic rings. The number of esters is 2. The number of hydrogen-bond donors (Lipinski definition) is 2. The van der Waals surface area contributed by atoms with Crippen LogP contribution in [0.15, 0.2) is 25.3 Å². The van der Waals surface area contributed by atoms with Crippen LogP contribution in [-0.4, -0.2) is 68.5 Å². The van der Waals surface area contributed by atoms with E-state index in [0.29, 0.717) is 0 Å². The van der Waals surface area contributed by atoms with Crippen molar-refractivity contribution in [3.63, 3.8) is 0 Å². The number of aliphatic hydroxyl groups excluding tert-OH is 2. The van der Waals surface area contributed by atoms with Crippen molar-refractivity contribution < 1.29 is 38.6 Å². The van der Waals surface area contributed by atoms with Gasteiger partial charge in [-0.25, -0.2) is 9.59 Å². The summed E-state index contributed by atoms with van der Waals surface area (Å²) in [5.74, 6) is -1.29. The summed E-state index contributed by atoms with van der Waals surface area (Å²) in [7, 11) is 0.914. The van der Waals surface area contributed by atoms with Gasteiger partial charge in [-0.05, 0) is 0 Å². The standard InChI is InChI=1S/C12H18BO8/c1-3-11(16)18-5-9(14)7-20-13-21-8-10(15)6-19-12(17)4-2/h3-4,9-10,14-15H,1-2,5-8H2. The lowest BCUT2D eigenvalue weighted by Gasteiger charge is -2.12. The SMILES string of the molecule is C=CC(=O)OCC(O)CO[B]OCC(O)COC(=O)C=C. The minimum absolute atomic E-state index is 0.161. The van der Waals surface area contributed by atoms with Gasteiger partial charge >= 0.3 is 19.6 Å². The molecule has 0 spiro atoms. The Kier molecular flexibility index (Phi) is 11.1. The lowest BCUT2D eigenvalue weighted by Crippen LogP contribution is -2.27. The highest BCUT2D eigenvalue weighted by Gasteiger charge is 2.10. The molecule has 9 heteroatoms. The summed E-state index contributed by atoms with van der Waals surface area (Å²) in [4.78, 5) is 21.4. The molecule has 2 atom stereocenters. The third-order valence-corrected chi connectivity index (χ3v) is 1.88. The molecular weight excluding hydrogens is 283 g/mol. The summed E-state index contributed by atoms with van der Waals surface area (Å²) in [5.41, 5.74) is 0. The van der Waals surface area contributed by atoms with Crippen LogP contribution < -0.4 is 0 Å². The van der Waals surface area contributed by atoms with E-state index < -0.39 is 24.1 Å². The zero-order valence-corrected chi connectivity index (χ0v) is 11.5. The summed E-state index contributed by atoms with van der Waals surface area (Å²) >= 11 is 0. The third-order valence-electron chi connectivity index (χ3n) is 1.88. The molecule has 0 saturated carbocycles. The second-order valence-corrected chi connectivity index (χ2v) is 3.74. The molecule has 21 heavy (non-hydrogen) atoms. The van der Waals surface area contributed by atoms with Gasteiger partial charge in [-0.15, -0.1) is 0 Å². The van der Waals surface area contributed by atoms with Crippen molar-refractivity contribution in [2.45, 2.75) is 12.2 Å². The Morgan fingerprint density at radius 1 is 0.905 bits per heavy atom. The smallest absolute Gasteiger partial charge is 0.460 e. The number of aliphatic hydroxyl groups is 2. The predicted octanol–water partition coefficient (Wildman–Crippen LogP) is -1.27. The van der Waals surface area contributed by atoms with Crippen LogP contribution in [0, 0.1) is 0 Å². The van der Waals surface area contributed by atoms with Crippen molar-refractivity contribution in [2.75, 3.05) is 26.4 Å². The van der Waals surface area contributed by atoms with E-state index in [9.17, 15) is 19.8 Å². The van der Waals surface area contributed by atoms with Gasteiger partial charge in [0, 0.05) is 12.2 Å². The van der Waals surface area contributed by atoms with Crippen molar-refractivity contribution in [3.05, 3.63) is 25.3 Å². The first-order valence-electron chi connectivity index (χ1n) is 5.99. The molecule has 0 aliphatic rings. The maximum atomic E-state index is 10.7. The number of carbonyl (C=O) groups is 2. The fraction of sp³-hybridized carbons (Fsp3) is 0.500. The van der Waals surface area contributed by atoms with Gasteiger partial charge in [-0.2, -0.15) is 0 Å². The van der Waals surface area contributed by atoms with E-state index in [4.69, 9.17) is 9.31 Å². The Labute approximate surface area is 123 Å². The first-order chi connectivity index (χ1) is 9.99. The van der Waals surface area contributed by atoms with Crippen LogP contribution in [0.3, 0.4) is 0 Å². The Morgan fingerprint density at radius 3 is 1.62 bits per heavy atom. The Balaban J connectivity index is 3.49. The molecule has 117 valence electrons. The molecule has 0 aliphatic carbocycles. The van der Waals surface area contributed by atoms with Crippen LogP contribution in [-0.2, 0) is 28.4 Å². The number of carbonyl (C=O) groups excluding carboxylic acids is 2. The van der Waals surface area contributed by atoms with Crippen molar-refractivity contribution in [1.29, 1.82) is 0 Å². The molecule has 2 unspecified atom stereocenters. The highest BCUT2D eigenvalue weighted by Crippen LogP contribution is 1.91. The molecule has 0 saturated heterocycles. The maximum Gasteiger partial charge on any atom is 0.488 e. The molecule has 0 aromatic heterocycles. The Bertz CT molecular complexity index is 314. The van der Waals surface area contributed by atoms with Gasteiger partial charge in [0.2, 0.25) is 0 Å². The lowest BCUT2D eigenvalue weighted by molar-refractivity contribution is -0.141. The molecule has 2 N–H and O–H groups in total. The second-order valence-electron chi connectivity index (χ2n) is 3.74. The van der Waals surface area contributed by atoms with Crippen molar-refractivity contribution >= 4 is 19.6 Å². The summed E-state index contributed by atoms with van der Waals surface area (Å²) in [6.07, 6.45) is -0.0910. The number of ether oxygens (including phenoxy) is 2. The molecular formula is C12H18BO8. The van der Waals surface area contributed by atoms with Crippen LogP contribution in [0.5, 0.6) is 0 Å². The highest BCUT2D eigenvalue weighted by molar-refractivity contribution is 6.17. The molecule has 0 fully saturated rings. The van der Waals surface area contributed by atoms with E-state index in [-0.39, 0.29) is 26.4 Å². The Morgan fingerprint density at radius 2 is 1.29 bits per heavy atom.